The van der Waals surface area contributed by atoms with Gasteiger partial charge in [0.15, 0.2) is 0 Å². The predicted molar refractivity (Wildman–Crippen MR) is 69.0 cm³/mol. The molecule has 3 rings (SSSR count). The van der Waals surface area contributed by atoms with E-state index in [1.165, 1.54) is 16.7 Å². The van der Waals surface area contributed by atoms with Crippen molar-refractivity contribution in [3.8, 4) is 5.69 Å². The lowest BCUT2D eigenvalue weighted by atomic mass is 9.99. The van der Waals surface area contributed by atoms with Crippen LogP contribution in [-0.4, -0.2) is 27.9 Å². The summed E-state index contributed by atoms with van der Waals surface area (Å²) in [5.41, 5.74) is 0.355. The molecule has 1 saturated heterocycles. The van der Waals surface area contributed by atoms with Crippen molar-refractivity contribution in [3.05, 3.63) is 46.4 Å². The first-order valence-electron chi connectivity index (χ1n) is 6.39. The van der Waals surface area contributed by atoms with Gasteiger partial charge in [-0.25, -0.2) is 18.9 Å². The van der Waals surface area contributed by atoms with Crippen molar-refractivity contribution in [2.24, 2.45) is 0 Å². The van der Waals surface area contributed by atoms with Crippen LogP contribution in [0.1, 0.15) is 24.6 Å². The first kappa shape index (κ1) is 12.1. The van der Waals surface area contributed by atoms with Gasteiger partial charge in [-0.1, -0.05) is 0 Å². The highest BCUT2D eigenvalue weighted by Gasteiger charge is 2.22. The fraction of sp³-hybridized carbons (Fsp3) is 0.385. The molecular weight excluding hydrogens is 247 g/mol. The molecule has 0 unspecified atom stereocenters. The van der Waals surface area contributed by atoms with E-state index < -0.39 is 0 Å². The molecule has 0 aliphatic carbocycles. The predicted octanol–water partition coefficient (Wildman–Crippen LogP) is 1.17. The van der Waals surface area contributed by atoms with Gasteiger partial charge in [0.05, 0.1) is 5.69 Å². The highest BCUT2D eigenvalue weighted by molar-refractivity contribution is 5.33. The second kappa shape index (κ2) is 4.97. The van der Waals surface area contributed by atoms with Gasteiger partial charge in [0.25, 0.3) is 0 Å². The van der Waals surface area contributed by atoms with E-state index in [0.717, 1.165) is 25.9 Å². The van der Waals surface area contributed by atoms with Gasteiger partial charge in [0.1, 0.15) is 11.6 Å². The first-order valence-corrected chi connectivity index (χ1v) is 6.39. The number of nitrogens with one attached hydrogen (secondary N) is 2. The van der Waals surface area contributed by atoms with Crippen LogP contribution in [0.3, 0.4) is 0 Å². The molecule has 1 fully saturated rings. The van der Waals surface area contributed by atoms with Crippen LogP contribution in [0.5, 0.6) is 0 Å². The third-order valence-electron chi connectivity index (χ3n) is 3.45. The summed E-state index contributed by atoms with van der Waals surface area (Å²) < 4.78 is 14.5. The maximum absolute atomic E-state index is 13.0. The number of hydrogen-bond donors (Lipinski definition) is 2. The van der Waals surface area contributed by atoms with Gasteiger partial charge in [-0.05, 0) is 43.7 Å². The van der Waals surface area contributed by atoms with Crippen molar-refractivity contribution in [2.45, 2.75) is 18.8 Å². The molecule has 0 bridgehead atoms. The summed E-state index contributed by atoms with van der Waals surface area (Å²) in [6, 6.07) is 5.87. The van der Waals surface area contributed by atoms with Gasteiger partial charge in [-0.2, -0.15) is 5.10 Å². The Labute approximate surface area is 109 Å². The number of rotatable bonds is 2. The largest absolute Gasteiger partial charge is 0.347 e. The van der Waals surface area contributed by atoms with Crippen molar-refractivity contribution in [3.63, 3.8) is 0 Å². The fourth-order valence-corrected chi connectivity index (χ4v) is 2.49. The van der Waals surface area contributed by atoms with Crippen LogP contribution in [-0.2, 0) is 0 Å². The minimum atomic E-state index is -0.318. The maximum atomic E-state index is 13.0. The first-order chi connectivity index (χ1) is 9.25. The average Bonchev–Trinajstić information content (AvgIpc) is 2.83. The lowest BCUT2D eigenvalue weighted by Crippen LogP contribution is -2.31. The molecular formula is C13H15FN4O. The van der Waals surface area contributed by atoms with Gasteiger partial charge < -0.3 is 5.32 Å². The summed E-state index contributed by atoms with van der Waals surface area (Å²) in [4.78, 5) is 11.9. The third kappa shape index (κ3) is 2.31. The van der Waals surface area contributed by atoms with Crippen LogP contribution in [0.2, 0.25) is 0 Å². The Morgan fingerprint density at radius 3 is 2.79 bits per heavy atom. The summed E-state index contributed by atoms with van der Waals surface area (Å²) in [5, 5.41) is 9.91. The van der Waals surface area contributed by atoms with E-state index in [4.69, 9.17) is 0 Å². The molecule has 0 amide bonds. The normalized spacial score (nSPS) is 19.5. The minimum absolute atomic E-state index is 0.206. The molecule has 2 N–H and O–H groups in total. The molecule has 2 heterocycles. The van der Waals surface area contributed by atoms with Crippen LogP contribution in [0, 0.1) is 5.82 Å². The van der Waals surface area contributed by atoms with E-state index in [9.17, 15) is 9.18 Å². The Bertz CT molecular complexity index is 610. The van der Waals surface area contributed by atoms with E-state index >= 15 is 0 Å². The number of nitrogens with zero attached hydrogens (tertiary/aromatic N) is 2. The Hall–Kier alpha value is -1.95. The van der Waals surface area contributed by atoms with Gasteiger partial charge in [-0.15, -0.1) is 0 Å². The van der Waals surface area contributed by atoms with Gasteiger partial charge >= 0.3 is 5.69 Å². The fourth-order valence-electron chi connectivity index (χ4n) is 2.49. The molecule has 5 nitrogen and oxygen atoms in total. The van der Waals surface area contributed by atoms with Crippen LogP contribution < -0.4 is 11.0 Å². The molecule has 19 heavy (non-hydrogen) atoms. The lowest BCUT2D eigenvalue weighted by Gasteiger charge is -2.22. The van der Waals surface area contributed by atoms with E-state index in [0.29, 0.717) is 11.5 Å². The minimum Gasteiger partial charge on any atom is -0.316 e. The zero-order valence-corrected chi connectivity index (χ0v) is 10.4. The second-order valence-electron chi connectivity index (χ2n) is 4.74. The van der Waals surface area contributed by atoms with E-state index in [1.54, 1.807) is 12.1 Å². The van der Waals surface area contributed by atoms with Crippen molar-refractivity contribution < 1.29 is 4.39 Å². The van der Waals surface area contributed by atoms with Crippen molar-refractivity contribution in [2.75, 3.05) is 13.1 Å². The summed E-state index contributed by atoms with van der Waals surface area (Å²) >= 11 is 0. The molecule has 1 aliphatic heterocycles. The zero-order chi connectivity index (χ0) is 13.2. The molecule has 1 aliphatic rings. The van der Waals surface area contributed by atoms with Crippen molar-refractivity contribution >= 4 is 0 Å². The van der Waals surface area contributed by atoms with E-state index in [-0.39, 0.29) is 17.4 Å². The highest BCUT2D eigenvalue weighted by Crippen LogP contribution is 2.22. The highest BCUT2D eigenvalue weighted by atomic mass is 19.1. The van der Waals surface area contributed by atoms with Crippen LogP contribution in [0.4, 0.5) is 4.39 Å². The SMILES string of the molecule is O=c1[nH]nc([C@H]2CCCNC2)n1-c1ccc(F)cc1. The van der Waals surface area contributed by atoms with Crippen LogP contribution in [0.15, 0.2) is 29.1 Å². The molecule has 100 valence electrons. The molecule has 0 radical (unpaired) electrons. The lowest BCUT2D eigenvalue weighted by molar-refractivity contribution is 0.442. The summed E-state index contributed by atoms with van der Waals surface area (Å²) in [6.07, 6.45) is 2.06. The topological polar surface area (TPSA) is 62.7 Å². The zero-order valence-electron chi connectivity index (χ0n) is 10.4. The molecule has 1 atom stereocenters. The van der Waals surface area contributed by atoms with Crippen molar-refractivity contribution in [1.29, 1.82) is 0 Å². The molecule has 6 heteroatoms. The quantitative estimate of drug-likeness (QED) is 0.854. The number of aromatic amines is 1. The van der Waals surface area contributed by atoms with Gasteiger partial charge in [-0.3, -0.25) is 0 Å². The van der Waals surface area contributed by atoms with E-state index in [2.05, 4.69) is 15.5 Å². The Morgan fingerprint density at radius 1 is 1.32 bits per heavy atom. The molecule has 0 saturated carbocycles. The molecule has 1 aromatic carbocycles. The van der Waals surface area contributed by atoms with Crippen LogP contribution in [0.25, 0.3) is 5.69 Å². The summed E-state index contributed by atoms with van der Waals surface area (Å²) in [5.74, 6) is 0.600. The number of halogens is 1. The number of piperidine rings is 1. The number of aromatic nitrogens is 3. The standard InChI is InChI=1S/C13H15FN4O/c14-10-3-5-11(6-4-10)18-12(16-17-13(18)19)9-2-1-7-15-8-9/h3-6,9,15H,1-2,7-8H2,(H,17,19)/t9-/m0/s1. The Kier molecular flexibility index (Phi) is 3.16. The average molecular weight is 262 g/mol. The Balaban J connectivity index is 2.02. The monoisotopic (exact) mass is 262 g/mol. The van der Waals surface area contributed by atoms with Gasteiger partial charge in [0, 0.05) is 12.5 Å². The smallest absolute Gasteiger partial charge is 0.316 e. The van der Waals surface area contributed by atoms with Crippen LogP contribution >= 0.6 is 0 Å². The summed E-state index contributed by atoms with van der Waals surface area (Å²) in [6.45, 7) is 1.81. The maximum Gasteiger partial charge on any atom is 0.347 e. The number of hydrogen-bond acceptors (Lipinski definition) is 3. The third-order valence-corrected chi connectivity index (χ3v) is 3.45. The molecule has 2 aromatic rings. The van der Waals surface area contributed by atoms with Gasteiger partial charge in [0.2, 0.25) is 0 Å². The van der Waals surface area contributed by atoms with Crippen molar-refractivity contribution in [1.82, 2.24) is 20.1 Å². The molecule has 0 spiro atoms. The number of H-pyrrole nitrogens is 1. The number of benzene rings is 1. The van der Waals surface area contributed by atoms with E-state index in [1.807, 2.05) is 0 Å². The molecule has 1 aromatic heterocycles. The Morgan fingerprint density at radius 2 is 2.11 bits per heavy atom. The summed E-state index contributed by atoms with van der Waals surface area (Å²) in [7, 11) is 0. The second-order valence-corrected chi connectivity index (χ2v) is 4.74.